The van der Waals surface area contributed by atoms with E-state index in [-0.39, 0.29) is 5.78 Å². The van der Waals surface area contributed by atoms with E-state index in [2.05, 4.69) is 9.80 Å². The van der Waals surface area contributed by atoms with Gasteiger partial charge in [0.1, 0.15) is 11.5 Å². The highest BCUT2D eigenvalue weighted by Crippen LogP contribution is 2.45. The summed E-state index contributed by atoms with van der Waals surface area (Å²) in [5, 5.41) is 0. The van der Waals surface area contributed by atoms with Crippen molar-refractivity contribution in [3.63, 3.8) is 0 Å². The van der Waals surface area contributed by atoms with Crippen LogP contribution < -0.4 is 9.47 Å². The average molecular weight is 467 g/mol. The molecule has 2 saturated heterocycles. The van der Waals surface area contributed by atoms with Crippen LogP contribution in [0.25, 0.3) is 11.1 Å². The van der Waals surface area contributed by atoms with E-state index in [4.69, 9.17) is 18.9 Å². The van der Waals surface area contributed by atoms with Crippen LogP contribution in [0.3, 0.4) is 0 Å². The molecule has 1 aliphatic carbocycles. The third-order valence-corrected chi connectivity index (χ3v) is 6.75. The molecule has 0 radical (unpaired) electrons. The molecule has 0 bridgehead atoms. The van der Waals surface area contributed by atoms with Gasteiger partial charge in [-0.3, -0.25) is 14.6 Å². The van der Waals surface area contributed by atoms with Gasteiger partial charge in [-0.05, 0) is 25.0 Å². The van der Waals surface area contributed by atoms with E-state index in [1.165, 1.54) is 0 Å². The maximum absolute atomic E-state index is 13.3. The molecule has 5 rings (SSSR count). The number of nitrogens with zero attached hydrogens (tertiary/aromatic N) is 2. The van der Waals surface area contributed by atoms with E-state index in [9.17, 15) is 4.79 Å². The highest BCUT2D eigenvalue weighted by Gasteiger charge is 2.32. The summed E-state index contributed by atoms with van der Waals surface area (Å²) in [6.45, 7) is 10.3. The maximum atomic E-state index is 13.3. The largest absolute Gasteiger partial charge is 0.493 e. The number of morpholine rings is 2. The second kappa shape index (κ2) is 11.3. The lowest BCUT2D eigenvalue weighted by Gasteiger charge is -2.26. The molecule has 0 N–H and O–H groups in total. The van der Waals surface area contributed by atoms with Gasteiger partial charge >= 0.3 is 0 Å². The van der Waals surface area contributed by atoms with Crippen molar-refractivity contribution in [2.75, 3.05) is 78.9 Å². The molecule has 2 fully saturated rings. The molecule has 0 saturated carbocycles. The highest BCUT2D eigenvalue weighted by atomic mass is 16.5. The summed E-state index contributed by atoms with van der Waals surface area (Å²) >= 11 is 0. The normalized spacial score (nSPS) is 18.5. The number of carbonyl (C=O) groups is 1. The van der Waals surface area contributed by atoms with E-state index < -0.39 is 0 Å². The van der Waals surface area contributed by atoms with Crippen LogP contribution >= 0.6 is 0 Å². The lowest BCUT2D eigenvalue weighted by molar-refractivity contribution is 0.0357. The predicted molar refractivity (Wildman–Crippen MR) is 130 cm³/mol. The maximum Gasteiger partial charge on any atom is 0.198 e. The van der Waals surface area contributed by atoms with Gasteiger partial charge in [0.25, 0.3) is 0 Å². The Labute approximate surface area is 201 Å². The van der Waals surface area contributed by atoms with Crippen molar-refractivity contribution in [2.24, 2.45) is 0 Å². The Morgan fingerprint density at radius 2 is 1.18 bits per heavy atom. The standard InChI is InChI=1S/C27H34N2O5/c30-27-22-6-2-7-23(33-15-3-9-28-11-17-31-18-12-28)25(22)21-5-1-8-24(26(21)27)34-16-4-10-29-13-19-32-20-14-29/h1-2,5-8H,3-4,9-20H2. The van der Waals surface area contributed by atoms with Gasteiger partial charge in [0.2, 0.25) is 0 Å². The fourth-order valence-corrected chi connectivity index (χ4v) is 4.94. The van der Waals surface area contributed by atoms with Crippen LogP contribution in [-0.2, 0) is 9.47 Å². The molecule has 2 aromatic rings. The number of ketones is 1. The van der Waals surface area contributed by atoms with Crippen LogP contribution in [0.1, 0.15) is 28.8 Å². The van der Waals surface area contributed by atoms with Gasteiger partial charge in [-0.25, -0.2) is 0 Å². The number of carbonyl (C=O) groups excluding carboxylic acids is 1. The predicted octanol–water partition coefficient (Wildman–Crippen LogP) is 3.10. The second-order valence-corrected chi connectivity index (χ2v) is 9.00. The Morgan fingerprint density at radius 3 is 1.74 bits per heavy atom. The molecule has 0 atom stereocenters. The summed E-state index contributed by atoms with van der Waals surface area (Å²) in [4.78, 5) is 18.1. The van der Waals surface area contributed by atoms with E-state index in [0.29, 0.717) is 30.1 Å². The molecule has 0 amide bonds. The smallest absolute Gasteiger partial charge is 0.198 e. The number of benzene rings is 2. The van der Waals surface area contributed by atoms with Crippen LogP contribution in [-0.4, -0.2) is 94.5 Å². The van der Waals surface area contributed by atoms with Crippen LogP contribution in [0.5, 0.6) is 11.5 Å². The number of rotatable bonds is 10. The van der Waals surface area contributed by atoms with Crippen molar-refractivity contribution in [3.8, 4) is 22.6 Å². The summed E-state index contributed by atoms with van der Waals surface area (Å²) in [5.41, 5.74) is 3.17. The third kappa shape index (κ3) is 5.28. The van der Waals surface area contributed by atoms with Crippen LogP contribution in [0, 0.1) is 0 Å². The topological polar surface area (TPSA) is 60.5 Å². The molecule has 0 spiro atoms. The van der Waals surface area contributed by atoms with Crippen molar-refractivity contribution in [1.82, 2.24) is 9.80 Å². The van der Waals surface area contributed by atoms with Gasteiger partial charge in [-0.15, -0.1) is 0 Å². The summed E-state index contributed by atoms with van der Waals surface area (Å²) in [6.07, 6.45) is 1.86. The zero-order valence-corrected chi connectivity index (χ0v) is 19.8. The van der Waals surface area contributed by atoms with Gasteiger partial charge < -0.3 is 18.9 Å². The molecule has 34 heavy (non-hydrogen) atoms. The highest BCUT2D eigenvalue weighted by molar-refractivity contribution is 6.24. The monoisotopic (exact) mass is 466 g/mol. The number of fused-ring (bicyclic) bond motifs is 3. The van der Waals surface area contributed by atoms with Crippen molar-refractivity contribution in [1.29, 1.82) is 0 Å². The fourth-order valence-electron chi connectivity index (χ4n) is 4.94. The number of hydrogen-bond acceptors (Lipinski definition) is 7. The van der Waals surface area contributed by atoms with Crippen LogP contribution in [0.15, 0.2) is 36.4 Å². The van der Waals surface area contributed by atoms with Crippen molar-refractivity contribution in [2.45, 2.75) is 12.8 Å². The van der Waals surface area contributed by atoms with E-state index in [1.54, 1.807) is 0 Å². The Morgan fingerprint density at radius 1 is 0.676 bits per heavy atom. The first-order chi connectivity index (χ1) is 16.8. The van der Waals surface area contributed by atoms with Gasteiger partial charge in [0.05, 0.1) is 45.2 Å². The molecule has 2 heterocycles. The number of ether oxygens (including phenoxy) is 4. The first kappa shape index (κ1) is 23.3. The Hall–Kier alpha value is -2.45. The number of hydrogen-bond donors (Lipinski definition) is 0. The molecule has 182 valence electrons. The van der Waals surface area contributed by atoms with Crippen molar-refractivity contribution < 1.29 is 23.7 Å². The molecular formula is C27H34N2O5. The van der Waals surface area contributed by atoms with Crippen molar-refractivity contribution in [3.05, 3.63) is 47.5 Å². The van der Waals surface area contributed by atoms with E-state index in [1.807, 2.05) is 36.4 Å². The molecular weight excluding hydrogens is 432 g/mol. The zero-order chi connectivity index (χ0) is 23.2. The van der Waals surface area contributed by atoms with Crippen LogP contribution in [0.4, 0.5) is 0 Å². The summed E-state index contributed by atoms with van der Waals surface area (Å²) in [6, 6.07) is 11.6. The van der Waals surface area contributed by atoms with Crippen molar-refractivity contribution >= 4 is 5.78 Å². The van der Waals surface area contributed by atoms with Crippen LogP contribution in [0.2, 0.25) is 0 Å². The van der Waals surface area contributed by atoms with Gasteiger partial charge in [-0.1, -0.05) is 24.3 Å². The second-order valence-electron chi connectivity index (χ2n) is 9.00. The Bertz CT molecular complexity index is 983. The molecule has 7 nitrogen and oxygen atoms in total. The SMILES string of the molecule is O=C1c2cccc(OCCCN3CCOCC3)c2-c2cccc(OCCCN3CCOCC3)c21. The molecule has 0 unspecified atom stereocenters. The first-order valence-corrected chi connectivity index (χ1v) is 12.5. The van der Waals surface area contributed by atoms with E-state index >= 15 is 0 Å². The average Bonchev–Trinajstić information content (AvgIpc) is 3.19. The lowest BCUT2D eigenvalue weighted by atomic mass is 10.0. The van der Waals surface area contributed by atoms with E-state index in [0.717, 1.165) is 95.4 Å². The van der Waals surface area contributed by atoms with Gasteiger partial charge in [0.15, 0.2) is 5.78 Å². The zero-order valence-electron chi connectivity index (χ0n) is 19.8. The molecule has 3 aliphatic rings. The summed E-state index contributed by atoms with van der Waals surface area (Å²) < 4.78 is 23.1. The van der Waals surface area contributed by atoms with Gasteiger partial charge in [-0.2, -0.15) is 0 Å². The first-order valence-electron chi connectivity index (χ1n) is 12.5. The molecule has 2 aromatic carbocycles. The summed E-state index contributed by atoms with van der Waals surface area (Å²) in [5.74, 6) is 1.46. The minimum Gasteiger partial charge on any atom is -0.493 e. The minimum absolute atomic E-state index is 0.0209. The molecule has 7 heteroatoms. The molecule has 2 aliphatic heterocycles. The Kier molecular flexibility index (Phi) is 7.76. The minimum atomic E-state index is 0.0209. The lowest BCUT2D eigenvalue weighted by Crippen LogP contribution is -2.37. The quantitative estimate of drug-likeness (QED) is 0.426. The molecule has 0 aromatic heterocycles. The van der Waals surface area contributed by atoms with Gasteiger partial charge in [0, 0.05) is 56.0 Å². The Balaban J connectivity index is 1.21. The third-order valence-electron chi connectivity index (χ3n) is 6.75. The fraction of sp³-hybridized carbons (Fsp3) is 0.519. The summed E-state index contributed by atoms with van der Waals surface area (Å²) in [7, 11) is 0.